The minimum atomic E-state index is -0.134. The molecule has 2 aliphatic rings. The van der Waals surface area contributed by atoms with Crippen molar-refractivity contribution in [1.82, 2.24) is 9.55 Å². The summed E-state index contributed by atoms with van der Waals surface area (Å²) < 4.78 is 1.76. The second-order valence-corrected chi connectivity index (χ2v) is 9.26. The van der Waals surface area contributed by atoms with Crippen molar-refractivity contribution >= 4 is 34.0 Å². The van der Waals surface area contributed by atoms with Crippen LogP contribution in [-0.4, -0.2) is 15.5 Å². The average Bonchev–Trinajstić information content (AvgIpc) is 3.35. The first-order valence-electron chi connectivity index (χ1n) is 11.2. The molecule has 0 saturated heterocycles. The molecule has 0 amide bonds. The van der Waals surface area contributed by atoms with Crippen LogP contribution in [0.15, 0.2) is 91.0 Å². The molecule has 0 aliphatic carbocycles. The first-order chi connectivity index (χ1) is 16.1. The van der Waals surface area contributed by atoms with Crippen molar-refractivity contribution in [2.24, 2.45) is 0 Å². The van der Waals surface area contributed by atoms with Crippen LogP contribution in [0.2, 0.25) is 0 Å². The van der Waals surface area contributed by atoms with Crippen LogP contribution in [0, 0.1) is 0 Å². The van der Waals surface area contributed by atoms with Gasteiger partial charge in [0.05, 0.1) is 39.2 Å². The van der Waals surface area contributed by atoms with Crippen molar-refractivity contribution < 1.29 is 4.79 Å². The SMILES string of the molecule is CC1(C)c2ccccc2N(c2cccc3c2-c2nc4ccccc4n2C3=O)c2ccccc21. The van der Waals surface area contributed by atoms with Crippen LogP contribution in [0.4, 0.5) is 17.1 Å². The molecular formula is C29H21N3O. The van der Waals surface area contributed by atoms with Gasteiger partial charge in [0.2, 0.25) is 0 Å². The minimum Gasteiger partial charge on any atom is -0.309 e. The van der Waals surface area contributed by atoms with E-state index in [1.54, 1.807) is 4.57 Å². The Morgan fingerprint density at radius 3 is 2.03 bits per heavy atom. The summed E-state index contributed by atoms with van der Waals surface area (Å²) in [4.78, 5) is 20.7. The lowest BCUT2D eigenvalue weighted by atomic mass is 9.73. The third kappa shape index (κ3) is 2.25. The van der Waals surface area contributed by atoms with Crippen molar-refractivity contribution in [3.05, 3.63) is 108 Å². The zero-order chi connectivity index (χ0) is 22.3. The Hall–Kier alpha value is -4.18. The minimum absolute atomic E-state index is 0.0190. The van der Waals surface area contributed by atoms with Crippen LogP contribution in [0.1, 0.15) is 35.3 Å². The number of aromatic nitrogens is 2. The largest absolute Gasteiger partial charge is 0.309 e. The van der Waals surface area contributed by atoms with E-state index in [1.165, 1.54) is 11.1 Å². The second-order valence-electron chi connectivity index (χ2n) is 9.26. The molecule has 0 radical (unpaired) electrons. The molecule has 1 aromatic heterocycles. The summed E-state index contributed by atoms with van der Waals surface area (Å²) >= 11 is 0. The average molecular weight is 428 g/mol. The van der Waals surface area contributed by atoms with Gasteiger partial charge >= 0.3 is 0 Å². The second kappa shape index (κ2) is 6.20. The predicted molar refractivity (Wildman–Crippen MR) is 132 cm³/mol. The number of hydrogen-bond acceptors (Lipinski definition) is 3. The fourth-order valence-electron chi connectivity index (χ4n) is 5.59. The molecule has 0 fully saturated rings. The van der Waals surface area contributed by atoms with Crippen molar-refractivity contribution in [3.8, 4) is 11.4 Å². The number of benzene rings is 4. The number of rotatable bonds is 1. The molecule has 4 aromatic carbocycles. The first kappa shape index (κ1) is 18.4. The van der Waals surface area contributed by atoms with Gasteiger partial charge in [0, 0.05) is 5.41 Å². The summed E-state index contributed by atoms with van der Waals surface area (Å²) in [7, 11) is 0. The Bertz CT molecular complexity index is 1580. The number of hydrogen-bond donors (Lipinski definition) is 0. The Kier molecular flexibility index (Phi) is 3.46. The Labute approximate surface area is 191 Å². The maximum atomic E-state index is 13.5. The Morgan fingerprint density at radius 2 is 1.30 bits per heavy atom. The molecule has 0 spiro atoms. The third-order valence-corrected chi connectivity index (χ3v) is 7.14. The molecule has 0 N–H and O–H groups in total. The van der Waals surface area contributed by atoms with Crippen LogP contribution < -0.4 is 4.90 Å². The van der Waals surface area contributed by atoms with Gasteiger partial charge < -0.3 is 4.90 Å². The maximum absolute atomic E-state index is 13.5. The summed E-state index contributed by atoms with van der Waals surface area (Å²) in [5.74, 6) is 0.695. The van der Waals surface area contributed by atoms with Gasteiger partial charge in [0.15, 0.2) is 5.82 Å². The molecule has 0 unspecified atom stereocenters. The van der Waals surface area contributed by atoms with E-state index in [1.807, 2.05) is 36.4 Å². The summed E-state index contributed by atoms with van der Waals surface area (Å²) in [6.07, 6.45) is 0. The van der Waals surface area contributed by atoms with Gasteiger partial charge in [-0.15, -0.1) is 0 Å². The van der Waals surface area contributed by atoms with Crippen LogP contribution >= 0.6 is 0 Å². The van der Waals surface area contributed by atoms with Gasteiger partial charge in [-0.3, -0.25) is 9.36 Å². The van der Waals surface area contributed by atoms with Crippen LogP contribution in [0.3, 0.4) is 0 Å². The number of carbonyl (C=O) groups excluding carboxylic acids is 1. The molecule has 4 nitrogen and oxygen atoms in total. The number of anilines is 3. The molecule has 158 valence electrons. The first-order valence-corrected chi connectivity index (χ1v) is 11.2. The fraction of sp³-hybridized carbons (Fsp3) is 0.103. The van der Waals surface area contributed by atoms with Crippen LogP contribution in [0.5, 0.6) is 0 Å². The molecule has 33 heavy (non-hydrogen) atoms. The quantitative estimate of drug-likeness (QED) is 0.289. The van der Waals surface area contributed by atoms with E-state index < -0.39 is 0 Å². The molecule has 7 rings (SSSR count). The van der Waals surface area contributed by atoms with E-state index in [0.717, 1.165) is 33.7 Å². The number of fused-ring (bicyclic) bond motifs is 7. The normalized spacial score (nSPS) is 15.2. The monoisotopic (exact) mass is 427 g/mol. The van der Waals surface area contributed by atoms with Gasteiger partial charge in [0.25, 0.3) is 5.91 Å². The van der Waals surface area contributed by atoms with Gasteiger partial charge in [-0.2, -0.15) is 0 Å². The van der Waals surface area contributed by atoms with Crippen molar-refractivity contribution in [1.29, 1.82) is 0 Å². The number of para-hydroxylation sites is 4. The smallest absolute Gasteiger partial charge is 0.264 e. The number of nitrogens with zero attached hydrogens (tertiary/aromatic N) is 3. The lowest BCUT2D eigenvalue weighted by Crippen LogP contribution is -2.30. The van der Waals surface area contributed by atoms with E-state index in [4.69, 9.17) is 4.98 Å². The van der Waals surface area contributed by atoms with Gasteiger partial charge in [-0.25, -0.2) is 4.98 Å². The zero-order valence-corrected chi connectivity index (χ0v) is 18.4. The molecular weight excluding hydrogens is 406 g/mol. The third-order valence-electron chi connectivity index (χ3n) is 7.14. The highest BCUT2D eigenvalue weighted by Gasteiger charge is 2.39. The molecule has 0 bridgehead atoms. The van der Waals surface area contributed by atoms with E-state index in [0.29, 0.717) is 11.4 Å². The molecule has 3 heterocycles. The van der Waals surface area contributed by atoms with Gasteiger partial charge in [-0.1, -0.05) is 68.4 Å². The standard InChI is InChI=1S/C29H21N3O/c1-29(2)19-11-3-6-14-22(19)31(23-15-7-4-12-20(23)29)25-17-9-10-18-26(25)27-30-21-13-5-8-16-24(21)32(27)28(18)33/h3-17H,1-2H3. The van der Waals surface area contributed by atoms with E-state index in [2.05, 4.69) is 73.3 Å². The van der Waals surface area contributed by atoms with Crippen molar-refractivity contribution in [2.75, 3.05) is 4.90 Å². The lowest BCUT2D eigenvalue weighted by molar-refractivity contribution is 0.0973. The van der Waals surface area contributed by atoms with E-state index in [9.17, 15) is 4.79 Å². The molecule has 4 heteroatoms. The molecule has 2 aliphatic heterocycles. The van der Waals surface area contributed by atoms with E-state index in [-0.39, 0.29) is 11.3 Å². The van der Waals surface area contributed by atoms with Crippen molar-refractivity contribution in [3.63, 3.8) is 0 Å². The highest BCUT2D eigenvalue weighted by molar-refractivity contribution is 6.16. The predicted octanol–water partition coefficient (Wildman–Crippen LogP) is 6.81. The Balaban J connectivity index is 1.57. The number of imidazole rings is 1. The van der Waals surface area contributed by atoms with E-state index >= 15 is 0 Å². The summed E-state index contributed by atoms with van der Waals surface area (Å²) in [6, 6.07) is 31.0. The summed E-state index contributed by atoms with van der Waals surface area (Å²) in [5, 5.41) is 0. The lowest BCUT2D eigenvalue weighted by Gasteiger charge is -2.42. The number of carbonyl (C=O) groups is 1. The molecule has 0 saturated carbocycles. The maximum Gasteiger partial charge on any atom is 0.264 e. The zero-order valence-electron chi connectivity index (χ0n) is 18.4. The van der Waals surface area contributed by atoms with Crippen LogP contribution in [0.25, 0.3) is 22.4 Å². The highest BCUT2D eigenvalue weighted by Crippen LogP contribution is 2.54. The molecule has 0 atom stereocenters. The van der Waals surface area contributed by atoms with Crippen LogP contribution in [-0.2, 0) is 5.41 Å². The fourth-order valence-corrected chi connectivity index (χ4v) is 5.59. The summed E-state index contributed by atoms with van der Waals surface area (Å²) in [5.41, 5.74) is 8.91. The van der Waals surface area contributed by atoms with Gasteiger partial charge in [0.1, 0.15) is 0 Å². The Morgan fingerprint density at radius 1 is 0.697 bits per heavy atom. The summed E-state index contributed by atoms with van der Waals surface area (Å²) in [6.45, 7) is 4.56. The highest BCUT2D eigenvalue weighted by atomic mass is 16.2. The molecule has 5 aromatic rings. The van der Waals surface area contributed by atoms with Gasteiger partial charge in [-0.05, 0) is 47.5 Å². The topological polar surface area (TPSA) is 38.1 Å². The van der Waals surface area contributed by atoms with Crippen molar-refractivity contribution in [2.45, 2.75) is 19.3 Å².